The first-order valence-corrected chi connectivity index (χ1v) is 7.36. The molecule has 1 aromatic heterocycles. The highest BCUT2D eigenvalue weighted by atomic mass is 16.7. The molecule has 1 unspecified atom stereocenters. The van der Waals surface area contributed by atoms with Gasteiger partial charge >= 0.3 is 0 Å². The lowest BCUT2D eigenvalue weighted by Crippen LogP contribution is -2.17. The van der Waals surface area contributed by atoms with Crippen molar-refractivity contribution in [3.8, 4) is 22.9 Å². The predicted molar refractivity (Wildman–Crippen MR) is 82.6 cm³/mol. The minimum atomic E-state index is -0.368. The molecule has 2 rings (SSSR count). The Morgan fingerprint density at radius 2 is 1.95 bits per heavy atom. The van der Waals surface area contributed by atoms with Crippen LogP contribution in [0.3, 0.4) is 0 Å². The maximum absolute atomic E-state index is 10.3. The van der Waals surface area contributed by atoms with E-state index in [9.17, 15) is 5.11 Å². The summed E-state index contributed by atoms with van der Waals surface area (Å²) in [4.78, 5) is 11.9. The van der Waals surface area contributed by atoms with Crippen LogP contribution in [0.4, 0.5) is 0 Å². The zero-order valence-corrected chi connectivity index (χ0v) is 13.1. The van der Waals surface area contributed by atoms with Crippen molar-refractivity contribution in [3.63, 3.8) is 0 Å². The number of ether oxygens (including phenoxy) is 2. The molecule has 0 radical (unpaired) electrons. The number of rotatable bonds is 7. The molecule has 0 saturated heterocycles. The van der Waals surface area contributed by atoms with Crippen LogP contribution in [0, 0.1) is 6.92 Å². The highest BCUT2D eigenvalue weighted by molar-refractivity contribution is 5.68. The molecule has 1 heterocycles. The van der Waals surface area contributed by atoms with Gasteiger partial charge in [0.15, 0.2) is 12.1 Å². The largest absolute Gasteiger partial charge is 0.507 e. The fourth-order valence-electron chi connectivity index (χ4n) is 1.97. The van der Waals surface area contributed by atoms with Crippen molar-refractivity contribution >= 4 is 0 Å². The molecule has 2 aromatic rings. The molecule has 1 atom stereocenters. The molecule has 0 amide bonds. The molecule has 6 heteroatoms. The van der Waals surface area contributed by atoms with Gasteiger partial charge in [-0.15, -0.1) is 0 Å². The van der Waals surface area contributed by atoms with Gasteiger partial charge in [-0.2, -0.15) is 0 Å². The van der Waals surface area contributed by atoms with E-state index in [2.05, 4.69) is 21.9 Å². The Kier molecular flexibility index (Phi) is 5.66. The summed E-state index contributed by atoms with van der Waals surface area (Å²) in [6.45, 7) is 6.39. The van der Waals surface area contributed by atoms with Crippen LogP contribution in [0.5, 0.6) is 11.5 Å². The number of hydrogen-bond donors (Lipinski definition) is 1. The van der Waals surface area contributed by atoms with Crippen LogP contribution in [-0.4, -0.2) is 33.0 Å². The first-order chi connectivity index (χ1) is 10.6. The van der Waals surface area contributed by atoms with Gasteiger partial charge in [0.05, 0.1) is 12.2 Å². The molecule has 0 fully saturated rings. The van der Waals surface area contributed by atoms with Crippen molar-refractivity contribution in [2.24, 2.45) is 0 Å². The Balaban J connectivity index is 2.13. The van der Waals surface area contributed by atoms with Gasteiger partial charge in [-0.3, -0.25) is 0 Å². The molecule has 22 heavy (non-hydrogen) atoms. The molecular formula is C16H21N3O3. The summed E-state index contributed by atoms with van der Waals surface area (Å²) in [6, 6.07) is 3.51. The zero-order valence-electron chi connectivity index (χ0n) is 13.1. The summed E-state index contributed by atoms with van der Waals surface area (Å²) in [5.74, 6) is 1.11. The summed E-state index contributed by atoms with van der Waals surface area (Å²) in [6.07, 6.45) is 4.49. The number of benzene rings is 1. The third-order valence-corrected chi connectivity index (χ3v) is 3.26. The van der Waals surface area contributed by atoms with Crippen LogP contribution in [0.2, 0.25) is 0 Å². The van der Waals surface area contributed by atoms with Gasteiger partial charge in [-0.25, -0.2) is 15.0 Å². The van der Waals surface area contributed by atoms with Crippen LogP contribution < -0.4 is 4.74 Å². The lowest BCUT2D eigenvalue weighted by Gasteiger charge is -2.18. The summed E-state index contributed by atoms with van der Waals surface area (Å²) in [5, 5.41) is 10.3. The smallest absolute Gasteiger partial charge is 0.196 e. The highest BCUT2D eigenvalue weighted by Crippen LogP contribution is 2.35. The van der Waals surface area contributed by atoms with Crippen LogP contribution in [-0.2, 0) is 4.74 Å². The first-order valence-electron chi connectivity index (χ1n) is 7.36. The molecule has 0 aliphatic rings. The number of nitrogens with zero attached hydrogens (tertiary/aromatic N) is 3. The Bertz CT molecular complexity index is 605. The quantitative estimate of drug-likeness (QED) is 0.625. The maximum atomic E-state index is 10.3. The molecule has 118 valence electrons. The van der Waals surface area contributed by atoms with E-state index in [1.165, 1.54) is 12.7 Å². The fraction of sp³-hybridized carbons (Fsp3) is 0.438. The molecule has 0 aliphatic carbocycles. The van der Waals surface area contributed by atoms with Crippen LogP contribution >= 0.6 is 0 Å². The molecule has 1 N–H and O–H groups in total. The third kappa shape index (κ3) is 3.92. The summed E-state index contributed by atoms with van der Waals surface area (Å²) in [7, 11) is 0. The molecule has 1 aromatic carbocycles. The van der Waals surface area contributed by atoms with E-state index in [0.717, 1.165) is 12.8 Å². The van der Waals surface area contributed by atoms with E-state index in [1.54, 1.807) is 19.1 Å². The summed E-state index contributed by atoms with van der Waals surface area (Å²) < 4.78 is 11.3. The molecule has 0 aliphatic heterocycles. The minimum Gasteiger partial charge on any atom is -0.507 e. The lowest BCUT2D eigenvalue weighted by molar-refractivity contribution is -0.0677. The Morgan fingerprint density at radius 3 is 2.64 bits per heavy atom. The average Bonchev–Trinajstić information content (AvgIpc) is 2.53. The Labute approximate surface area is 130 Å². The van der Waals surface area contributed by atoms with Gasteiger partial charge in [-0.05, 0) is 32.4 Å². The SMILES string of the molecule is CCCCOC(C)Oc1ccc(-c2ncncn2)c(O)c1C. The summed E-state index contributed by atoms with van der Waals surface area (Å²) in [5.41, 5.74) is 1.18. The molecular weight excluding hydrogens is 282 g/mol. The van der Waals surface area contributed by atoms with Crippen LogP contribution in [0.1, 0.15) is 32.3 Å². The predicted octanol–water partition coefficient (Wildman–Crippen LogP) is 3.09. The van der Waals surface area contributed by atoms with E-state index >= 15 is 0 Å². The van der Waals surface area contributed by atoms with Gasteiger partial charge in [-0.1, -0.05) is 13.3 Å². The van der Waals surface area contributed by atoms with E-state index in [4.69, 9.17) is 9.47 Å². The van der Waals surface area contributed by atoms with Gasteiger partial charge in [0.2, 0.25) is 0 Å². The zero-order chi connectivity index (χ0) is 15.9. The molecule has 0 bridgehead atoms. The average molecular weight is 303 g/mol. The van der Waals surface area contributed by atoms with Gasteiger partial charge in [0, 0.05) is 5.56 Å². The van der Waals surface area contributed by atoms with Crippen molar-refractivity contribution in [2.45, 2.75) is 39.9 Å². The van der Waals surface area contributed by atoms with E-state index < -0.39 is 0 Å². The molecule has 0 spiro atoms. The van der Waals surface area contributed by atoms with Crippen molar-refractivity contribution in [1.29, 1.82) is 0 Å². The van der Waals surface area contributed by atoms with Crippen molar-refractivity contribution in [2.75, 3.05) is 6.61 Å². The lowest BCUT2D eigenvalue weighted by atomic mass is 10.1. The van der Waals surface area contributed by atoms with Gasteiger partial charge < -0.3 is 14.6 Å². The fourth-order valence-corrected chi connectivity index (χ4v) is 1.97. The van der Waals surface area contributed by atoms with Crippen molar-refractivity contribution in [3.05, 3.63) is 30.4 Å². The van der Waals surface area contributed by atoms with Crippen LogP contribution in [0.15, 0.2) is 24.8 Å². The number of phenolic OH excluding ortho intramolecular Hbond substituents is 1. The van der Waals surface area contributed by atoms with E-state index in [0.29, 0.717) is 29.3 Å². The van der Waals surface area contributed by atoms with Crippen molar-refractivity contribution < 1.29 is 14.6 Å². The third-order valence-electron chi connectivity index (χ3n) is 3.26. The van der Waals surface area contributed by atoms with Crippen molar-refractivity contribution in [1.82, 2.24) is 15.0 Å². The van der Waals surface area contributed by atoms with E-state index in [-0.39, 0.29) is 12.0 Å². The number of hydrogen-bond acceptors (Lipinski definition) is 6. The second-order valence-corrected chi connectivity index (χ2v) is 4.96. The molecule has 6 nitrogen and oxygen atoms in total. The number of aromatic hydroxyl groups is 1. The summed E-state index contributed by atoms with van der Waals surface area (Å²) >= 11 is 0. The second kappa shape index (κ2) is 7.70. The Hall–Kier alpha value is -2.21. The van der Waals surface area contributed by atoms with Gasteiger partial charge in [0.1, 0.15) is 24.2 Å². The normalized spacial score (nSPS) is 12.1. The number of unbranched alkanes of at least 4 members (excludes halogenated alkanes) is 1. The Morgan fingerprint density at radius 1 is 1.23 bits per heavy atom. The van der Waals surface area contributed by atoms with Crippen LogP contribution in [0.25, 0.3) is 11.4 Å². The number of aromatic nitrogens is 3. The number of phenols is 1. The maximum Gasteiger partial charge on any atom is 0.196 e. The van der Waals surface area contributed by atoms with Gasteiger partial charge in [0.25, 0.3) is 0 Å². The standard InChI is InChI=1S/C16H21N3O3/c1-4-5-8-21-12(3)22-14-7-6-13(15(20)11(14)2)16-18-9-17-10-19-16/h6-7,9-10,12,20H,4-5,8H2,1-3H3. The monoisotopic (exact) mass is 303 g/mol. The van der Waals surface area contributed by atoms with E-state index in [1.807, 2.05) is 6.92 Å². The minimum absolute atomic E-state index is 0.101. The highest BCUT2D eigenvalue weighted by Gasteiger charge is 2.15. The first kappa shape index (κ1) is 16.2. The molecule has 0 saturated carbocycles. The topological polar surface area (TPSA) is 77.4 Å². The second-order valence-electron chi connectivity index (χ2n) is 4.96.